The van der Waals surface area contributed by atoms with Crippen LogP contribution in [0.5, 0.6) is 17.2 Å². The topological polar surface area (TPSA) is 82.0 Å². The Morgan fingerprint density at radius 3 is 2.56 bits per heavy atom. The summed E-state index contributed by atoms with van der Waals surface area (Å²) in [6.45, 7) is 0.0631. The quantitative estimate of drug-likeness (QED) is 0.438. The first kappa shape index (κ1) is 14.5. The van der Waals surface area contributed by atoms with E-state index in [1.165, 1.54) is 12.1 Å². The first-order chi connectivity index (χ1) is 8.52. The number of rotatable bonds is 7. The molecule has 0 unspecified atom stereocenters. The molecule has 1 aromatic rings. The number of alkyl halides is 2. The molecular weight excluding hydrogens is 248 g/mol. The van der Waals surface area contributed by atoms with Crippen molar-refractivity contribution in [1.82, 2.24) is 5.32 Å². The molecule has 7 heteroatoms. The van der Waals surface area contributed by atoms with Crippen LogP contribution in [0.25, 0.3) is 0 Å². The highest BCUT2D eigenvalue weighted by molar-refractivity contribution is 5.52. The van der Waals surface area contributed by atoms with Gasteiger partial charge in [0.15, 0.2) is 11.5 Å². The average molecular weight is 263 g/mol. The lowest BCUT2D eigenvalue weighted by Crippen LogP contribution is -2.20. The Labute approximate surface area is 103 Å². The van der Waals surface area contributed by atoms with Gasteiger partial charge >= 0.3 is 0 Å². The fraction of sp³-hybridized carbons (Fsp3) is 0.455. The van der Waals surface area contributed by atoms with E-state index in [4.69, 9.17) is 5.11 Å². The molecule has 0 aliphatic rings. The summed E-state index contributed by atoms with van der Waals surface area (Å²) in [5.74, 6) is -1.39. The fourth-order valence-corrected chi connectivity index (χ4v) is 1.29. The molecule has 1 rings (SSSR count). The monoisotopic (exact) mass is 263 g/mol. The molecule has 18 heavy (non-hydrogen) atoms. The standard InChI is InChI=1S/C11H15F2NO4/c12-9(13)6-18-4-3-14-5-7-1-2-8(15)11(17)10(7)16/h1-2,9,14-17H,3-6H2. The van der Waals surface area contributed by atoms with E-state index >= 15 is 0 Å². The van der Waals surface area contributed by atoms with Crippen molar-refractivity contribution >= 4 is 0 Å². The molecule has 4 N–H and O–H groups in total. The van der Waals surface area contributed by atoms with Crippen LogP contribution < -0.4 is 5.32 Å². The molecule has 0 spiro atoms. The van der Waals surface area contributed by atoms with E-state index in [0.717, 1.165) is 0 Å². The molecule has 0 aliphatic carbocycles. The third-order valence-corrected chi connectivity index (χ3v) is 2.20. The van der Waals surface area contributed by atoms with E-state index < -0.39 is 30.3 Å². The molecule has 0 bridgehead atoms. The number of halogens is 2. The lowest BCUT2D eigenvalue weighted by Gasteiger charge is -2.09. The second kappa shape index (κ2) is 6.97. The maximum Gasteiger partial charge on any atom is 0.261 e. The Morgan fingerprint density at radius 2 is 1.89 bits per heavy atom. The molecule has 1 aromatic carbocycles. The first-order valence-electron chi connectivity index (χ1n) is 5.31. The van der Waals surface area contributed by atoms with Gasteiger partial charge in [0.2, 0.25) is 5.75 Å². The second-order valence-electron chi connectivity index (χ2n) is 3.58. The molecular formula is C11H15F2NO4. The van der Waals surface area contributed by atoms with Gasteiger partial charge in [0.05, 0.1) is 6.61 Å². The third kappa shape index (κ3) is 4.34. The van der Waals surface area contributed by atoms with Gasteiger partial charge in [-0.05, 0) is 6.07 Å². The number of ether oxygens (including phenoxy) is 1. The summed E-state index contributed by atoms with van der Waals surface area (Å²) < 4.78 is 28.1. The zero-order valence-corrected chi connectivity index (χ0v) is 9.57. The molecule has 0 saturated carbocycles. The molecule has 0 aliphatic heterocycles. The molecule has 0 radical (unpaired) electrons. The number of hydrogen-bond acceptors (Lipinski definition) is 5. The zero-order chi connectivity index (χ0) is 13.5. The molecule has 0 amide bonds. The van der Waals surface area contributed by atoms with Gasteiger partial charge in [0.25, 0.3) is 6.43 Å². The smallest absolute Gasteiger partial charge is 0.261 e. The Balaban J connectivity index is 2.30. The Kier molecular flexibility index (Phi) is 5.60. The molecule has 102 valence electrons. The van der Waals surface area contributed by atoms with Crippen LogP contribution in [0.2, 0.25) is 0 Å². The van der Waals surface area contributed by atoms with Crippen LogP contribution in [0.1, 0.15) is 5.56 Å². The van der Waals surface area contributed by atoms with E-state index in [9.17, 15) is 19.0 Å². The predicted molar refractivity (Wildman–Crippen MR) is 60.0 cm³/mol. The van der Waals surface area contributed by atoms with Crippen LogP contribution in [0.15, 0.2) is 12.1 Å². The van der Waals surface area contributed by atoms with Crippen LogP contribution in [-0.4, -0.2) is 41.5 Å². The van der Waals surface area contributed by atoms with Gasteiger partial charge in [-0.2, -0.15) is 0 Å². The third-order valence-electron chi connectivity index (χ3n) is 2.20. The van der Waals surface area contributed by atoms with Crippen molar-refractivity contribution in [3.05, 3.63) is 17.7 Å². The first-order valence-corrected chi connectivity index (χ1v) is 5.31. The molecule has 0 saturated heterocycles. The van der Waals surface area contributed by atoms with Gasteiger partial charge in [-0.3, -0.25) is 0 Å². The lowest BCUT2D eigenvalue weighted by molar-refractivity contribution is 0.0187. The lowest BCUT2D eigenvalue weighted by atomic mass is 10.1. The summed E-state index contributed by atoms with van der Waals surface area (Å²) in [5, 5.41) is 30.7. The van der Waals surface area contributed by atoms with Gasteiger partial charge in [0.1, 0.15) is 6.61 Å². The van der Waals surface area contributed by atoms with E-state index in [1.54, 1.807) is 0 Å². The van der Waals surface area contributed by atoms with E-state index in [0.29, 0.717) is 12.1 Å². The van der Waals surface area contributed by atoms with Crippen LogP contribution in [0.4, 0.5) is 8.78 Å². The van der Waals surface area contributed by atoms with Gasteiger partial charge in [-0.25, -0.2) is 8.78 Å². The van der Waals surface area contributed by atoms with E-state index in [1.807, 2.05) is 0 Å². The summed E-state index contributed by atoms with van der Waals surface area (Å²) in [7, 11) is 0. The highest BCUT2D eigenvalue weighted by atomic mass is 19.3. The molecule has 5 nitrogen and oxygen atoms in total. The van der Waals surface area contributed by atoms with Crippen molar-refractivity contribution in [3.8, 4) is 17.2 Å². The predicted octanol–water partition coefficient (Wildman–Crippen LogP) is 1.17. The number of aromatic hydroxyl groups is 3. The maximum atomic E-state index is 11.7. The minimum absolute atomic E-state index is 0.120. The van der Waals surface area contributed by atoms with Crippen molar-refractivity contribution in [1.29, 1.82) is 0 Å². The minimum Gasteiger partial charge on any atom is -0.504 e. The maximum absolute atomic E-state index is 11.7. The number of phenols is 3. The Morgan fingerprint density at radius 1 is 1.17 bits per heavy atom. The van der Waals surface area contributed by atoms with Crippen LogP contribution in [0, 0.1) is 0 Å². The van der Waals surface area contributed by atoms with Crippen molar-refractivity contribution in [2.75, 3.05) is 19.8 Å². The number of nitrogens with one attached hydrogen (secondary N) is 1. The van der Waals surface area contributed by atoms with E-state index in [2.05, 4.69) is 10.1 Å². The van der Waals surface area contributed by atoms with Crippen LogP contribution in [0.3, 0.4) is 0 Å². The van der Waals surface area contributed by atoms with Crippen LogP contribution >= 0.6 is 0 Å². The molecule has 0 aromatic heterocycles. The summed E-state index contributed by atoms with van der Waals surface area (Å²) in [4.78, 5) is 0. The summed E-state index contributed by atoms with van der Waals surface area (Å²) >= 11 is 0. The van der Waals surface area contributed by atoms with Crippen LogP contribution in [-0.2, 0) is 11.3 Å². The fourth-order valence-electron chi connectivity index (χ4n) is 1.29. The SMILES string of the molecule is Oc1ccc(CNCCOCC(F)F)c(O)c1O. The highest BCUT2D eigenvalue weighted by Crippen LogP contribution is 2.36. The Hall–Kier alpha value is -1.60. The Bertz CT molecular complexity index is 388. The van der Waals surface area contributed by atoms with Crippen molar-refractivity contribution in [2.45, 2.75) is 13.0 Å². The van der Waals surface area contributed by atoms with Gasteiger partial charge in [-0.1, -0.05) is 6.07 Å². The normalized spacial score (nSPS) is 11.1. The summed E-state index contributed by atoms with van der Waals surface area (Å²) in [6, 6.07) is 2.69. The van der Waals surface area contributed by atoms with Gasteiger partial charge in [0, 0.05) is 18.7 Å². The number of benzene rings is 1. The molecule has 0 heterocycles. The minimum atomic E-state index is -2.48. The molecule has 0 fully saturated rings. The largest absolute Gasteiger partial charge is 0.504 e. The summed E-state index contributed by atoms with van der Waals surface area (Å²) in [5.41, 5.74) is 0.388. The number of hydrogen-bond donors (Lipinski definition) is 4. The van der Waals surface area contributed by atoms with Gasteiger partial charge < -0.3 is 25.4 Å². The van der Waals surface area contributed by atoms with Crippen molar-refractivity contribution in [2.24, 2.45) is 0 Å². The highest BCUT2D eigenvalue weighted by Gasteiger charge is 2.10. The molecule has 0 atom stereocenters. The van der Waals surface area contributed by atoms with E-state index in [-0.39, 0.29) is 13.2 Å². The second-order valence-corrected chi connectivity index (χ2v) is 3.58. The number of phenolic OH excluding ortho intramolecular Hbond substituents is 3. The van der Waals surface area contributed by atoms with Crippen molar-refractivity contribution in [3.63, 3.8) is 0 Å². The average Bonchev–Trinajstić information content (AvgIpc) is 2.33. The zero-order valence-electron chi connectivity index (χ0n) is 9.57. The van der Waals surface area contributed by atoms with Gasteiger partial charge in [-0.15, -0.1) is 0 Å². The summed E-state index contributed by atoms with van der Waals surface area (Å²) in [6.07, 6.45) is -2.48. The van der Waals surface area contributed by atoms with Crippen molar-refractivity contribution < 1.29 is 28.8 Å².